The summed E-state index contributed by atoms with van der Waals surface area (Å²) in [5, 5.41) is 8.07. The van der Waals surface area contributed by atoms with Crippen LogP contribution in [-0.4, -0.2) is 70.8 Å². The second-order valence-electron chi connectivity index (χ2n) is 8.84. The van der Waals surface area contributed by atoms with E-state index in [1.54, 1.807) is 20.8 Å². The third kappa shape index (κ3) is 5.00. The molecule has 4 rings (SSSR count). The summed E-state index contributed by atoms with van der Waals surface area (Å²) < 4.78 is 5.93. The summed E-state index contributed by atoms with van der Waals surface area (Å²) in [6.45, 7) is 8.57. The Balaban J connectivity index is 1.32. The van der Waals surface area contributed by atoms with Crippen LogP contribution in [0, 0.1) is 6.92 Å². The highest BCUT2D eigenvalue weighted by atomic mass is 16.5. The highest BCUT2D eigenvalue weighted by Gasteiger charge is 2.33. The molecule has 8 nitrogen and oxygen atoms in total. The maximum Gasteiger partial charge on any atom is 0.325 e. The topological polar surface area (TPSA) is 78.9 Å². The summed E-state index contributed by atoms with van der Waals surface area (Å²) in [7, 11) is 0. The van der Waals surface area contributed by atoms with Gasteiger partial charge in [-0.3, -0.25) is 9.69 Å². The van der Waals surface area contributed by atoms with Crippen molar-refractivity contribution in [2.45, 2.75) is 45.6 Å². The third-order valence-electron chi connectivity index (χ3n) is 6.08. The number of rotatable bonds is 6. The second-order valence-corrected chi connectivity index (χ2v) is 8.84. The Kier molecular flexibility index (Phi) is 6.58. The summed E-state index contributed by atoms with van der Waals surface area (Å²) in [5.74, 6) is 0.880. The molecule has 0 spiro atoms. The lowest BCUT2D eigenvalue weighted by Gasteiger charge is -2.33. The van der Waals surface area contributed by atoms with E-state index < -0.39 is 0 Å². The molecule has 1 aromatic carbocycles. The van der Waals surface area contributed by atoms with Crippen LogP contribution in [0.4, 0.5) is 10.5 Å². The number of piperidine rings is 1. The van der Waals surface area contributed by atoms with Crippen molar-refractivity contribution in [3.8, 4) is 5.88 Å². The van der Waals surface area contributed by atoms with E-state index in [-0.39, 0.29) is 24.6 Å². The molecule has 3 heterocycles. The Morgan fingerprint density at radius 1 is 1.09 bits per heavy atom. The van der Waals surface area contributed by atoms with Crippen molar-refractivity contribution in [2.24, 2.45) is 0 Å². The number of carbonyl (C=O) groups excluding carboxylic acids is 2. The SMILES string of the molecule is Cc1ccc(OC2CCCN(C(=O)CN3CCN(c4ccc(C(C)C)cc4)C3=O)C2)nn1. The van der Waals surface area contributed by atoms with E-state index in [1.807, 2.05) is 25.1 Å². The Morgan fingerprint density at radius 3 is 2.56 bits per heavy atom. The zero-order chi connectivity index (χ0) is 22.7. The normalized spacial score (nSPS) is 19.1. The van der Waals surface area contributed by atoms with E-state index in [2.05, 4.69) is 36.2 Å². The molecular weight excluding hydrogens is 406 g/mol. The molecular formula is C24H31N5O3. The van der Waals surface area contributed by atoms with Crippen LogP contribution in [0.3, 0.4) is 0 Å². The third-order valence-corrected chi connectivity index (χ3v) is 6.08. The van der Waals surface area contributed by atoms with Gasteiger partial charge in [0.2, 0.25) is 11.8 Å². The monoisotopic (exact) mass is 437 g/mol. The fourth-order valence-corrected chi connectivity index (χ4v) is 4.15. The van der Waals surface area contributed by atoms with Gasteiger partial charge in [0.1, 0.15) is 12.6 Å². The molecule has 1 atom stereocenters. The number of likely N-dealkylation sites (tertiary alicyclic amines) is 1. The lowest BCUT2D eigenvalue weighted by molar-refractivity contribution is -0.134. The van der Waals surface area contributed by atoms with Gasteiger partial charge >= 0.3 is 6.03 Å². The number of aromatic nitrogens is 2. The molecule has 2 aromatic rings. The van der Waals surface area contributed by atoms with Crippen LogP contribution in [0.5, 0.6) is 5.88 Å². The maximum absolute atomic E-state index is 12.9. The van der Waals surface area contributed by atoms with E-state index >= 15 is 0 Å². The van der Waals surface area contributed by atoms with Gasteiger partial charge in [-0.25, -0.2) is 4.79 Å². The van der Waals surface area contributed by atoms with Crippen molar-refractivity contribution in [1.82, 2.24) is 20.0 Å². The van der Waals surface area contributed by atoms with Gasteiger partial charge in [-0.1, -0.05) is 26.0 Å². The fourth-order valence-electron chi connectivity index (χ4n) is 4.15. The lowest BCUT2D eigenvalue weighted by Crippen LogP contribution is -2.48. The van der Waals surface area contributed by atoms with Crippen molar-refractivity contribution < 1.29 is 14.3 Å². The van der Waals surface area contributed by atoms with Crippen LogP contribution in [0.1, 0.15) is 43.9 Å². The summed E-state index contributed by atoms with van der Waals surface area (Å²) in [6.07, 6.45) is 1.61. The summed E-state index contributed by atoms with van der Waals surface area (Å²) in [6, 6.07) is 11.6. The molecule has 0 radical (unpaired) electrons. The average Bonchev–Trinajstić information content (AvgIpc) is 3.15. The molecule has 0 bridgehead atoms. The molecule has 8 heteroatoms. The van der Waals surface area contributed by atoms with E-state index in [0.717, 1.165) is 24.2 Å². The number of ether oxygens (including phenoxy) is 1. The number of hydrogen-bond donors (Lipinski definition) is 0. The summed E-state index contributed by atoms with van der Waals surface area (Å²) in [5.41, 5.74) is 2.95. The molecule has 3 amide bonds. The first kappa shape index (κ1) is 22.0. The number of urea groups is 1. The second kappa shape index (κ2) is 9.54. The number of benzene rings is 1. The quantitative estimate of drug-likeness (QED) is 0.693. The van der Waals surface area contributed by atoms with Gasteiger partial charge in [-0.2, -0.15) is 5.10 Å². The minimum atomic E-state index is -0.116. The molecule has 1 unspecified atom stereocenters. The lowest BCUT2D eigenvalue weighted by atomic mass is 10.0. The van der Waals surface area contributed by atoms with Crippen molar-refractivity contribution >= 4 is 17.6 Å². The molecule has 2 fully saturated rings. The van der Waals surface area contributed by atoms with E-state index in [0.29, 0.717) is 38.0 Å². The Labute approximate surface area is 189 Å². The number of carbonyl (C=O) groups is 2. The summed E-state index contributed by atoms with van der Waals surface area (Å²) in [4.78, 5) is 31.0. The zero-order valence-electron chi connectivity index (χ0n) is 19.0. The highest BCUT2D eigenvalue weighted by molar-refractivity contribution is 5.96. The first-order chi connectivity index (χ1) is 15.4. The van der Waals surface area contributed by atoms with Crippen LogP contribution in [0.2, 0.25) is 0 Å². The Morgan fingerprint density at radius 2 is 1.88 bits per heavy atom. The van der Waals surface area contributed by atoms with E-state index in [4.69, 9.17) is 4.74 Å². The van der Waals surface area contributed by atoms with Gasteiger partial charge in [-0.15, -0.1) is 5.10 Å². The molecule has 32 heavy (non-hydrogen) atoms. The van der Waals surface area contributed by atoms with Gasteiger partial charge in [-0.05, 0) is 49.4 Å². The predicted octanol–water partition coefficient (Wildman–Crippen LogP) is 3.22. The fraction of sp³-hybridized carbons (Fsp3) is 0.500. The number of amides is 3. The highest BCUT2D eigenvalue weighted by Crippen LogP contribution is 2.24. The van der Waals surface area contributed by atoms with E-state index in [9.17, 15) is 9.59 Å². The van der Waals surface area contributed by atoms with Crippen LogP contribution < -0.4 is 9.64 Å². The van der Waals surface area contributed by atoms with Crippen molar-refractivity contribution in [3.63, 3.8) is 0 Å². The van der Waals surface area contributed by atoms with E-state index in [1.165, 1.54) is 5.56 Å². The number of aryl methyl sites for hydroxylation is 1. The van der Waals surface area contributed by atoms with Gasteiger partial charge in [0.15, 0.2) is 0 Å². The van der Waals surface area contributed by atoms with Crippen LogP contribution >= 0.6 is 0 Å². The number of hydrogen-bond acceptors (Lipinski definition) is 5. The predicted molar refractivity (Wildman–Crippen MR) is 122 cm³/mol. The molecule has 2 aliphatic rings. The largest absolute Gasteiger partial charge is 0.471 e. The molecule has 0 saturated carbocycles. The van der Waals surface area contributed by atoms with Crippen LogP contribution in [0.15, 0.2) is 36.4 Å². The van der Waals surface area contributed by atoms with Crippen molar-refractivity contribution in [2.75, 3.05) is 37.6 Å². The van der Waals surface area contributed by atoms with Gasteiger partial charge in [0, 0.05) is 31.4 Å². The first-order valence-electron chi connectivity index (χ1n) is 11.3. The van der Waals surface area contributed by atoms with Crippen LogP contribution in [-0.2, 0) is 4.79 Å². The molecule has 0 N–H and O–H groups in total. The molecule has 1 aromatic heterocycles. The summed E-state index contributed by atoms with van der Waals surface area (Å²) >= 11 is 0. The molecule has 0 aliphatic carbocycles. The Hall–Kier alpha value is -3.16. The van der Waals surface area contributed by atoms with Gasteiger partial charge < -0.3 is 14.5 Å². The molecule has 170 valence electrons. The minimum Gasteiger partial charge on any atom is -0.471 e. The number of anilines is 1. The molecule has 2 saturated heterocycles. The smallest absolute Gasteiger partial charge is 0.325 e. The van der Waals surface area contributed by atoms with Crippen molar-refractivity contribution in [3.05, 3.63) is 47.7 Å². The minimum absolute atomic E-state index is 0.0429. The zero-order valence-corrected chi connectivity index (χ0v) is 19.0. The van der Waals surface area contributed by atoms with Crippen molar-refractivity contribution in [1.29, 1.82) is 0 Å². The Bertz CT molecular complexity index is 945. The number of nitrogens with zero attached hydrogens (tertiary/aromatic N) is 5. The standard InChI is InChI=1S/C24H31N5O3/c1-17(2)19-7-9-20(10-8-19)29-14-13-28(24(29)31)16-23(30)27-12-4-5-21(15-27)32-22-11-6-18(3)25-26-22/h6-11,17,21H,4-5,12-16H2,1-3H3. The van der Waals surface area contributed by atoms with Gasteiger partial charge in [0.05, 0.1) is 12.2 Å². The van der Waals surface area contributed by atoms with Crippen LogP contribution in [0.25, 0.3) is 0 Å². The van der Waals surface area contributed by atoms with Gasteiger partial charge in [0.25, 0.3) is 0 Å². The molecule has 2 aliphatic heterocycles. The first-order valence-corrected chi connectivity index (χ1v) is 11.3. The average molecular weight is 438 g/mol. The maximum atomic E-state index is 12.9.